The highest BCUT2D eigenvalue weighted by Gasteiger charge is 2.35. The number of thioether (sulfide) groups is 1. The second kappa shape index (κ2) is 9.90. The molecule has 1 heterocycles. The lowest BCUT2D eigenvalue weighted by atomic mass is 10.1. The van der Waals surface area contributed by atoms with E-state index in [1.807, 2.05) is 0 Å². The van der Waals surface area contributed by atoms with Gasteiger partial charge in [0.25, 0.3) is 11.1 Å². The number of amides is 2. The number of carbonyl (C=O) groups is 2. The zero-order valence-corrected chi connectivity index (χ0v) is 19.7. The van der Waals surface area contributed by atoms with Crippen LogP contribution < -0.4 is 4.74 Å². The van der Waals surface area contributed by atoms with Crippen LogP contribution in [0.25, 0.3) is 6.08 Å². The summed E-state index contributed by atoms with van der Waals surface area (Å²) in [5.74, 6) is -0.291. The van der Waals surface area contributed by atoms with Crippen molar-refractivity contribution in [2.45, 2.75) is 13.2 Å². The fourth-order valence-corrected chi connectivity index (χ4v) is 4.51. The number of nitrogens with zero attached hydrogens (tertiary/aromatic N) is 1. The van der Waals surface area contributed by atoms with Crippen LogP contribution in [0.1, 0.15) is 16.7 Å². The first-order chi connectivity index (χ1) is 15.4. The van der Waals surface area contributed by atoms with E-state index in [1.54, 1.807) is 66.7 Å². The minimum atomic E-state index is -0.403. The van der Waals surface area contributed by atoms with Crippen LogP contribution in [0.3, 0.4) is 0 Å². The summed E-state index contributed by atoms with van der Waals surface area (Å²) in [6, 6.07) is 18.7. The molecule has 1 saturated heterocycles. The molecule has 32 heavy (non-hydrogen) atoms. The minimum Gasteiger partial charge on any atom is -0.488 e. The molecule has 3 aromatic rings. The van der Waals surface area contributed by atoms with Crippen molar-refractivity contribution in [2.24, 2.45) is 0 Å². The Morgan fingerprint density at radius 1 is 1.03 bits per heavy atom. The van der Waals surface area contributed by atoms with E-state index in [1.165, 1.54) is 6.07 Å². The molecule has 0 aromatic heterocycles. The molecule has 0 radical (unpaired) electrons. The van der Waals surface area contributed by atoms with Crippen molar-refractivity contribution in [3.63, 3.8) is 0 Å². The van der Waals surface area contributed by atoms with E-state index >= 15 is 0 Å². The lowest BCUT2D eigenvalue weighted by Crippen LogP contribution is -2.27. The monoisotopic (exact) mass is 531 g/mol. The predicted octanol–water partition coefficient (Wildman–Crippen LogP) is 7.06. The maximum absolute atomic E-state index is 13.9. The summed E-state index contributed by atoms with van der Waals surface area (Å²) in [5.41, 5.74) is 1.70. The van der Waals surface area contributed by atoms with Crippen molar-refractivity contribution in [2.75, 3.05) is 0 Å². The smallest absolute Gasteiger partial charge is 0.293 e. The second-order valence-corrected chi connectivity index (χ2v) is 9.24. The zero-order chi connectivity index (χ0) is 22.7. The number of benzene rings is 3. The van der Waals surface area contributed by atoms with Gasteiger partial charge in [-0.2, -0.15) is 0 Å². The fraction of sp³-hybridized carbons (Fsp3) is 0.0833. The zero-order valence-electron chi connectivity index (χ0n) is 16.6. The Kier molecular flexibility index (Phi) is 6.98. The molecule has 4 nitrogen and oxygen atoms in total. The fourth-order valence-electron chi connectivity index (χ4n) is 3.11. The summed E-state index contributed by atoms with van der Waals surface area (Å²) in [5, 5.41) is 0.122. The number of hydrogen-bond acceptors (Lipinski definition) is 4. The Labute approximate surface area is 202 Å². The van der Waals surface area contributed by atoms with Gasteiger partial charge in [0, 0.05) is 20.6 Å². The quantitative estimate of drug-likeness (QED) is 0.319. The van der Waals surface area contributed by atoms with Gasteiger partial charge in [0.2, 0.25) is 0 Å². The minimum absolute atomic E-state index is 0.0309. The summed E-state index contributed by atoms with van der Waals surface area (Å²) in [4.78, 5) is 26.9. The average Bonchev–Trinajstić information content (AvgIpc) is 3.03. The van der Waals surface area contributed by atoms with E-state index in [2.05, 4.69) is 15.9 Å². The molecule has 0 atom stereocenters. The van der Waals surface area contributed by atoms with Gasteiger partial charge in [-0.1, -0.05) is 63.9 Å². The SMILES string of the molecule is O=C1S/C(=C\c2cc(Br)ccc2OCc2ccccc2F)C(=O)N1Cc1ccccc1Cl. The van der Waals surface area contributed by atoms with Crippen LogP contribution >= 0.6 is 39.3 Å². The van der Waals surface area contributed by atoms with Gasteiger partial charge in [-0.25, -0.2) is 4.39 Å². The highest BCUT2D eigenvalue weighted by atomic mass is 79.9. The first-order valence-corrected chi connectivity index (χ1v) is 11.6. The molecule has 2 amide bonds. The molecule has 0 N–H and O–H groups in total. The molecule has 8 heteroatoms. The molecule has 1 aliphatic rings. The number of hydrogen-bond donors (Lipinski definition) is 0. The van der Waals surface area contributed by atoms with Gasteiger partial charge >= 0.3 is 0 Å². The molecule has 4 rings (SSSR count). The molecule has 0 saturated carbocycles. The number of rotatable bonds is 6. The highest BCUT2D eigenvalue weighted by Crippen LogP contribution is 2.36. The van der Waals surface area contributed by atoms with Crippen molar-refractivity contribution < 1.29 is 18.7 Å². The van der Waals surface area contributed by atoms with E-state index in [4.69, 9.17) is 16.3 Å². The Morgan fingerprint density at radius 3 is 2.50 bits per heavy atom. The van der Waals surface area contributed by atoms with Gasteiger partial charge < -0.3 is 4.74 Å². The maximum Gasteiger partial charge on any atom is 0.293 e. The third-order valence-corrected chi connectivity index (χ3v) is 6.53. The average molecular weight is 533 g/mol. The molecular formula is C24H16BrClFNO3S. The van der Waals surface area contributed by atoms with Gasteiger partial charge in [-0.15, -0.1) is 0 Å². The van der Waals surface area contributed by atoms with E-state index in [-0.39, 0.29) is 29.1 Å². The summed E-state index contributed by atoms with van der Waals surface area (Å²) < 4.78 is 20.5. The molecule has 162 valence electrons. The molecule has 0 spiro atoms. The van der Waals surface area contributed by atoms with Crippen molar-refractivity contribution >= 4 is 56.5 Å². The van der Waals surface area contributed by atoms with E-state index in [0.717, 1.165) is 21.1 Å². The molecular weight excluding hydrogens is 517 g/mol. The summed E-state index contributed by atoms with van der Waals surface area (Å²) in [7, 11) is 0. The van der Waals surface area contributed by atoms with Crippen LogP contribution in [-0.4, -0.2) is 16.0 Å². The third-order valence-electron chi connectivity index (χ3n) is 4.76. The van der Waals surface area contributed by atoms with Crippen LogP contribution in [-0.2, 0) is 17.9 Å². The van der Waals surface area contributed by atoms with Crippen LogP contribution in [0.15, 0.2) is 76.1 Å². The number of carbonyl (C=O) groups excluding carboxylic acids is 2. The van der Waals surface area contributed by atoms with Gasteiger partial charge in [0.05, 0.1) is 11.4 Å². The largest absolute Gasteiger partial charge is 0.488 e. The Morgan fingerprint density at radius 2 is 1.75 bits per heavy atom. The van der Waals surface area contributed by atoms with E-state index < -0.39 is 5.91 Å². The van der Waals surface area contributed by atoms with Gasteiger partial charge in [0.15, 0.2) is 0 Å². The molecule has 0 unspecified atom stereocenters. The topological polar surface area (TPSA) is 46.6 Å². The lowest BCUT2D eigenvalue weighted by molar-refractivity contribution is -0.123. The normalized spacial score (nSPS) is 15.0. The van der Waals surface area contributed by atoms with Crippen LogP contribution in [0.4, 0.5) is 9.18 Å². The van der Waals surface area contributed by atoms with Gasteiger partial charge in [-0.05, 0) is 53.7 Å². The Balaban J connectivity index is 1.57. The summed E-state index contributed by atoms with van der Waals surface area (Å²) in [6.07, 6.45) is 1.61. The summed E-state index contributed by atoms with van der Waals surface area (Å²) >= 11 is 10.5. The Hall–Kier alpha value is -2.61. The van der Waals surface area contributed by atoms with Crippen LogP contribution in [0.2, 0.25) is 5.02 Å². The highest BCUT2D eigenvalue weighted by molar-refractivity contribution is 9.10. The maximum atomic E-state index is 13.9. The van der Waals surface area contributed by atoms with Crippen molar-refractivity contribution in [1.82, 2.24) is 4.90 Å². The number of ether oxygens (including phenoxy) is 1. The molecule has 1 fully saturated rings. The molecule has 0 bridgehead atoms. The van der Waals surface area contributed by atoms with Gasteiger partial charge in [0.1, 0.15) is 18.2 Å². The summed E-state index contributed by atoms with van der Waals surface area (Å²) in [6.45, 7) is 0.125. The van der Waals surface area contributed by atoms with Crippen molar-refractivity contribution in [3.05, 3.63) is 104 Å². The first kappa shape index (κ1) is 22.6. The third kappa shape index (κ3) is 5.06. The van der Waals surface area contributed by atoms with Gasteiger partial charge in [-0.3, -0.25) is 14.5 Å². The number of imide groups is 1. The first-order valence-electron chi connectivity index (χ1n) is 9.57. The Bertz CT molecular complexity index is 1230. The number of halogens is 3. The molecule has 3 aromatic carbocycles. The van der Waals surface area contributed by atoms with Crippen molar-refractivity contribution in [1.29, 1.82) is 0 Å². The lowest BCUT2D eigenvalue weighted by Gasteiger charge is -2.13. The molecule has 0 aliphatic carbocycles. The molecule has 1 aliphatic heterocycles. The predicted molar refractivity (Wildman–Crippen MR) is 128 cm³/mol. The second-order valence-electron chi connectivity index (χ2n) is 6.92. The van der Waals surface area contributed by atoms with Crippen molar-refractivity contribution in [3.8, 4) is 5.75 Å². The van der Waals surface area contributed by atoms with E-state index in [0.29, 0.717) is 27.5 Å². The standard InChI is InChI=1S/C24H16BrClFNO3S/c25-18-9-10-21(31-14-16-6-2-4-8-20(16)27)17(11-18)12-22-23(29)28(24(30)32-22)13-15-5-1-3-7-19(15)26/h1-12H,13-14H2/b22-12-. The van der Waals surface area contributed by atoms with Crippen LogP contribution in [0, 0.1) is 5.82 Å². The van der Waals surface area contributed by atoms with Crippen LogP contribution in [0.5, 0.6) is 5.75 Å². The van der Waals surface area contributed by atoms with E-state index in [9.17, 15) is 14.0 Å².